The lowest BCUT2D eigenvalue weighted by Crippen LogP contribution is -2.26. The van der Waals surface area contributed by atoms with Crippen LogP contribution in [-0.2, 0) is 36.5 Å². The summed E-state index contributed by atoms with van der Waals surface area (Å²) in [7, 11) is -4.01. The van der Waals surface area contributed by atoms with E-state index in [0.29, 0.717) is 33.9 Å². The molecule has 49 heavy (non-hydrogen) atoms. The highest BCUT2D eigenvalue weighted by Gasteiger charge is 2.34. The molecule has 4 rings (SSSR count). The van der Waals surface area contributed by atoms with Crippen LogP contribution in [0.4, 0.5) is 4.79 Å². The van der Waals surface area contributed by atoms with Crippen molar-refractivity contribution in [3.63, 3.8) is 0 Å². The Balaban J connectivity index is 1.57. The lowest BCUT2D eigenvalue weighted by molar-refractivity contribution is -0.155. The molecule has 0 fully saturated rings. The van der Waals surface area contributed by atoms with Crippen LogP contribution in [0.15, 0.2) is 82.7 Å². The number of carbonyl (C=O) groups excluding carboxylic acids is 2. The first-order chi connectivity index (χ1) is 23.2. The van der Waals surface area contributed by atoms with Gasteiger partial charge in [0.25, 0.3) is 0 Å². The average molecular weight is 751 g/mol. The normalized spacial score (nSPS) is 13.2. The number of ether oxygens (including phenoxy) is 3. The van der Waals surface area contributed by atoms with E-state index in [1.807, 2.05) is 42.7 Å². The molecule has 15 heteroatoms. The van der Waals surface area contributed by atoms with Crippen molar-refractivity contribution < 1.29 is 37.4 Å². The Hall–Kier alpha value is -3.67. The van der Waals surface area contributed by atoms with Gasteiger partial charge in [0, 0.05) is 21.5 Å². The van der Waals surface area contributed by atoms with E-state index in [9.17, 15) is 14.2 Å². The number of hydrogen-bond acceptors (Lipinski definition) is 10. The fourth-order valence-corrected chi connectivity index (χ4v) is 7.84. The largest absolute Gasteiger partial charge is 0.480 e. The van der Waals surface area contributed by atoms with Crippen molar-refractivity contribution in [3.05, 3.63) is 99.9 Å². The lowest BCUT2D eigenvalue weighted by atomic mass is 10.1. The molecule has 1 amide bonds. The molecule has 0 spiro atoms. The minimum Gasteiger partial charge on any atom is -0.480 e. The number of halogens is 2. The first-order valence-electron chi connectivity index (χ1n) is 15.3. The van der Waals surface area contributed by atoms with Crippen LogP contribution < -0.4 is 15.0 Å². The molecule has 1 heterocycles. The summed E-state index contributed by atoms with van der Waals surface area (Å²) in [6.07, 6.45) is -2.94. The minimum atomic E-state index is -4.01. The van der Waals surface area contributed by atoms with E-state index in [1.165, 1.54) is 18.7 Å². The van der Waals surface area contributed by atoms with Crippen LogP contribution in [0.25, 0.3) is 0 Å². The van der Waals surface area contributed by atoms with Crippen molar-refractivity contribution >= 4 is 54.6 Å². The van der Waals surface area contributed by atoms with E-state index in [1.54, 1.807) is 62.4 Å². The number of amides is 1. The summed E-state index contributed by atoms with van der Waals surface area (Å²) in [5.41, 5.74) is 6.93. The van der Waals surface area contributed by atoms with Crippen molar-refractivity contribution in [3.8, 4) is 11.5 Å². The Kier molecular flexibility index (Phi) is 13.5. The van der Waals surface area contributed by atoms with E-state index in [0.717, 1.165) is 21.2 Å². The number of primary amides is 1. The summed E-state index contributed by atoms with van der Waals surface area (Å²) in [5, 5.41) is 1.81. The highest BCUT2D eigenvalue weighted by molar-refractivity contribution is 7.99. The Bertz CT molecular complexity index is 1770. The second-order valence-corrected chi connectivity index (χ2v) is 15.2. The number of para-hydroxylation sites is 1. The zero-order valence-corrected chi connectivity index (χ0v) is 30.9. The zero-order chi connectivity index (χ0) is 35.7. The first kappa shape index (κ1) is 38.1. The van der Waals surface area contributed by atoms with Gasteiger partial charge >= 0.3 is 19.7 Å². The van der Waals surface area contributed by atoms with Crippen LogP contribution in [0.3, 0.4) is 0 Å². The molecular weight excluding hydrogens is 712 g/mol. The van der Waals surface area contributed by atoms with E-state index < -0.39 is 32.1 Å². The molecule has 1 unspecified atom stereocenters. The van der Waals surface area contributed by atoms with Gasteiger partial charge in [-0.2, -0.15) is 0 Å². The van der Waals surface area contributed by atoms with Crippen LogP contribution in [0.2, 0.25) is 10.0 Å². The zero-order valence-electron chi connectivity index (χ0n) is 27.6. The van der Waals surface area contributed by atoms with Crippen LogP contribution in [-0.4, -0.2) is 40.2 Å². The van der Waals surface area contributed by atoms with Crippen LogP contribution in [0, 0.1) is 0 Å². The summed E-state index contributed by atoms with van der Waals surface area (Å²) >= 11 is 14.0. The summed E-state index contributed by atoms with van der Waals surface area (Å²) in [5.74, 6) is 0.538. The quantitative estimate of drug-likeness (QED) is 0.0871. The molecule has 0 saturated heterocycles. The molecule has 4 aromatic rings. The Labute approximate surface area is 299 Å². The van der Waals surface area contributed by atoms with E-state index in [2.05, 4.69) is 0 Å². The fourth-order valence-electron chi connectivity index (χ4n) is 4.45. The smallest absolute Gasteiger partial charge is 0.417 e. The van der Waals surface area contributed by atoms with Gasteiger partial charge in [0.15, 0.2) is 12.7 Å². The molecule has 3 aromatic carbocycles. The molecule has 0 aliphatic heterocycles. The van der Waals surface area contributed by atoms with Gasteiger partial charge in [-0.05, 0) is 74.7 Å². The Morgan fingerprint density at radius 1 is 0.939 bits per heavy atom. The molecule has 2 N–H and O–H groups in total. The van der Waals surface area contributed by atoms with Crippen LogP contribution in [0.1, 0.15) is 57.6 Å². The van der Waals surface area contributed by atoms with Gasteiger partial charge in [0.2, 0.25) is 6.35 Å². The average Bonchev–Trinajstić information content (AvgIpc) is 3.35. The number of carbonyl (C=O) groups is 2. The maximum atomic E-state index is 13.8. The van der Waals surface area contributed by atoms with Crippen molar-refractivity contribution in [2.24, 2.45) is 5.73 Å². The Morgan fingerprint density at radius 3 is 2.18 bits per heavy atom. The number of imidazole rings is 1. The molecule has 0 aliphatic rings. The second kappa shape index (κ2) is 17.3. The van der Waals surface area contributed by atoms with E-state index in [-0.39, 0.29) is 18.6 Å². The maximum Gasteiger partial charge on any atom is 0.417 e. The van der Waals surface area contributed by atoms with Gasteiger partial charge in [-0.25, -0.2) is 19.1 Å². The molecule has 1 aromatic heterocycles. The van der Waals surface area contributed by atoms with Crippen molar-refractivity contribution in [2.75, 3.05) is 6.35 Å². The number of aromatic nitrogens is 2. The van der Waals surface area contributed by atoms with Gasteiger partial charge in [0.05, 0.1) is 11.8 Å². The predicted molar refractivity (Wildman–Crippen MR) is 189 cm³/mol. The number of esters is 1. The minimum absolute atomic E-state index is 0.0347. The molecule has 0 aliphatic carbocycles. The van der Waals surface area contributed by atoms with Crippen LogP contribution in [0.5, 0.6) is 11.5 Å². The monoisotopic (exact) mass is 749 g/mol. The number of nitrogens with zero attached hydrogens (tertiary/aromatic N) is 2. The first-order valence-corrected chi connectivity index (χ1v) is 18.6. The van der Waals surface area contributed by atoms with Crippen LogP contribution >= 0.6 is 42.6 Å². The van der Waals surface area contributed by atoms with Gasteiger partial charge in [-0.3, -0.25) is 4.52 Å². The van der Waals surface area contributed by atoms with Gasteiger partial charge in [0.1, 0.15) is 22.3 Å². The number of rotatable bonds is 16. The number of hydrogen-bond donors (Lipinski definition) is 1. The van der Waals surface area contributed by atoms with Crippen molar-refractivity contribution in [1.82, 2.24) is 9.55 Å². The number of nitrogens with two attached hydrogens (primary N) is 1. The highest BCUT2D eigenvalue weighted by atomic mass is 35.5. The third-order valence-corrected chi connectivity index (χ3v) is 9.71. The second-order valence-electron chi connectivity index (χ2n) is 11.4. The lowest BCUT2D eigenvalue weighted by Gasteiger charge is -2.23. The molecule has 11 nitrogen and oxygen atoms in total. The Morgan fingerprint density at radius 2 is 1.59 bits per heavy atom. The summed E-state index contributed by atoms with van der Waals surface area (Å²) in [6.45, 7) is 9.11. The third-order valence-electron chi connectivity index (χ3n) is 6.61. The molecule has 0 bridgehead atoms. The van der Waals surface area contributed by atoms with Crippen molar-refractivity contribution in [1.29, 1.82) is 0 Å². The SMILES string of the molecule is CC(C)OC(=O)[C@H](C)OP(=O)(COc1ccc(Cn2c(COC(N)=O)nc(C(C)C)c2Sc2cc(Cl)cc(Cl)c2)cc1)Oc1ccccc1. The molecular formula is C34H38Cl2N3O8PS. The van der Waals surface area contributed by atoms with E-state index in [4.69, 9.17) is 57.2 Å². The topological polar surface area (TPSA) is 141 Å². The van der Waals surface area contributed by atoms with Gasteiger partial charge in [-0.15, -0.1) is 0 Å². The van der Waals surface area contributed by atoms with E-state index >= 15 is 0 Å². The summed E-state index contributed by atoms with van der Waals surface area (Å²) in [6, 6.07) is 20.8. The molecule has 2 atom stereocenters. The summed E-state index contributed by atoms with van der Waals surface area (Å²) in [4.78, 5) is 29.5. The van der Waals surface area contributed by atoms with Gasteiger partial charge in [-0.1, -0.05) is 79.1 Å². The summed E-state index contributed by atoms with van der Waals surface area (Å²) < 4.78 is 43.4. The maximum absolute atomic E-state index is 13.8. The van der Waals surface area contributed by atoms with Crippen molar-refractivity contribution in [2.45, 2.75) is 75.8 Å². The number of benzene rings is 3. The molecule has 0 saturated carbocycles. The molecule has 262 valence electrons. The standard InChI is InChI=1S/C34H38Cl2N3O8PS/c1-21(2)31-32(49-29-16-25(35)15-26(36)17-29)39(30(38-31)19-43-34(37)41)18-24-11-13-27(14-12-24)44-20-48(42,47-28-9-7-6-8-10-28)46-23(5)33(40)45-22(3)4/h6-17,21-23H,18-20H2,1-5H3,(H2,37,41)/t23-,48?/m0/s1. The predicted octanol–water partition coefficient (Wildman–Crippen LogP) is 9.07. The third kappa shape index (κ3) is 11.4. The van der Waals surface area contributed by atoms with Gasteiger partial charge < -0.3 is 29.0 Å². The highest BCUT2D eigenvalue weighted by Crippen LogP contribution is 2.49. The fraction of sp³-hybridized carbons (Fsp3) is 0.324. The molecule has 0 radical (unpaired) electrons.